The van der Waals surface area contributed by atoms with Crippen LogP contribution in [0.15, 0.2) is 35.7 Å². The van der Waals surface area contributed by atoms with Crippen molar-refractivity contribution in [3.05, 3.63) is 51.7 Å². The first kappa shape index (κ1) is 12.1. The van der Waals surface area contributed by atoms with Crippen LogP contribution in [0, 0.1) is 6.92 Å². The molecule has 0 bridgehead atoms. The molecule has 0 aliphatic heterocycles. The van der Waals surface area contributed by atoms with E-state index in [9.17, 15) is 5.11 Å². The second-order valence-electron chi connectivity index (χ2n) is 3.86. The predicted octanol–water partition coefficient (Wildman–Crippen LogP) is 3.54. The van der Waals surface area contributed by atoms with Crippen molar-refractivity contribution in [2.75, 3.05) is 6.61 Å². The molecule has 0 aliphatic rings. The van der Waals surface area contributed by atoms with Gasteiger partial charge in [0, 0.05) is 10.4 Å². The molecule has 0 saturated carbocycles. The van der Waals surface area contributed by atoms with Crippen molar-refractivity contribution in [3.63, 3.8) is 0 Å². The zero-order valence-electron chi connectivity index (χ0n) is 10.0. The molecule has 1 N–H and O–H groups in total. The smallest absolute Gasteiger partial charge is 0.125 e. The largest absolute Gasteiger partial charge is 0.493 e. The van der Waals surface area contributed by atoms with Gasteiger partial charge in [0.05, 0.1) is 6.61 Å². The number of hydrogen-bond acceptors (Lipinski definition) is 3. The fraction of sp³-hybridized carbons (Fsp3) is 0.286. The number of hydrogen-bond donors (Lipinski definition) is 1. The van der Waals surface area contributed by atoms with Crippen molar-refractivity contribution in [3.8, 4) is 5.75 Å². The Morgan fingerprint density at radius 3 is 2.76 bits per heavy atom. The highest BCUT2D eigenvalue weighted by molar-refractivity contribution is 7.10. The summed E-state index contributed by atoms with van der Waals surface area (Å²) in [5.41, 5.74) is 1.76. The van der Waals surface area contributed by atoms with E-state index in [4.69, 9.17) is 4.74 Å². The molecule has 1 unspecified atom stereocenters. The van der Waals surface area contributed by atoms with Gasteiger partial charge in [-0.25, -0.2) is 0 Å². The third kappa shape index (κ3) is 2.68. The third-order valence-electron chi connectivity index (χ3n) is 2.58. The van der Waals surface area contributed by atoms with E-state index in [1.165, 1.54) is 4.88 Å². The van der Waals surface area contributed by atoms with Gasteiger partial charge in [0.2, 0.25) is 0 Å². The topological polar surface area (TPSA) is 29.5 Å². The zero-order chi connectivity index (χ0) is 12.3. The number of aliphatic hydroxyl groups excluding tert-OH is 1. The Bertz CT molecular complexity index is 490. The summed E-state index contributed by atoms with van der Waals surface area (Å²) in [5, 5.41) is 12.3. The summed E-state index contributed by atoms with van der Waals surface area (Å²) in [4.78, 5) is 1.20. The highest BCUT2D eigenvalue weighted by Gasteiger charge is 2.15. The second kappa shape index (κ2) is 5.34. The van der Waals surface area contributed by atoms with Crippen molar-refractivity contribution in [2.45, 2.75) is 20.0 Å². The molecule has 3 heteroatoms. The summed E-state index contributed by atoms with van der Waals surface area (Å²) in [6.45, 7) is 4.58. The van der Waals surface area contributed by atoms with Gasteiger partial charge < -0.3 is 9.84 Å². The molecule has 17 heavy (non-hydrogen) atoms. The SMILES string of the molecule is CCOc1ccccc1C(O)c1csc(C)c1. The lowest BCUT2D eigenvalue weighted by molar-refractivity contribution is 0.212. The second-order valence-corrected chi connectivity index (χ2v) is 4.98. The quantitative estimate of drug-likeness (QED) is 0.896. The molecule has 2 aromatic rings. The zero-order valence-corrected chi connectivity index (χ0v) is 10.8. The van der Waals surface area contributed by atoms with E-state index in [1.54, 1.807) is 11.3 Å². The molecule has 0 amide bonds. The molecule has 0 saturated heterocycles. The highest BCUT2D eigenvalue weighted by atomic mass is 32.1. The Kier molecular flexibility index (Phi) is 3.82. The minimum Gasteiger partial charge on any atom is -0.493 e. The van der Waals surface area contributed by atoms with E-state index in [0.29, 0.717) is 6.61 Å². The van der Waals surface area contributed by atoms with E-state index in [2.05, 4.69) is 0 Å². The van der Waals surface area contributed by atoms with E-state index in [0.717, 1.165) is 16.9 Å². The maximum atomic E-state index is 10.3. The molecule has 1 aromatic heterocycles. The first-order valence-electron chi connectivity index (χ1n) is 5.67. The van der Waals surface area contributed by atoms with Gasteiger partial charge in [-0.2, -0.15) is 0 Å². The van der Waals surface area contributed by atoms with Crippen LogP contribution in [0.1, 0.15) is 29.0 Å². The summed E-state index contributed by atoms with van der Waals surface area (Å²) in [6.07, 6.45) is -0.609. The van der Waals surface area contributed by atoms with Crippen LogP contribution in [0.5, 0.6) is 5.75 Å². The van der Waals surface area contributed by atoms with E-state index >= 15 is 0 Å². The number of aliphatic hydroxyl groups is 1. The van der Waals surface area contributed by atoms with Crippen molar-refractivity contribution in [1.82, 2.24) is 0 Å². The number of rotatable bonds is 4. The van der Waals surface area contributed by atoms with E-state index in [1.807, 2.05) is 49.6 Å². The Morgan fingerprint density at radius 2 is 2.12 bits per heavy atom. The average Bonchev–Trinajstić information content (AvgIpc) is 2.76. The van der Waals surface area contributed by atoms with E-state index < -0.39 is 6.10 Å². The van der Waals surface area contributed by atoms with Crippen LogP contribution < -0.4 is 4.74 Å². The van der Waals surface area contributed by atoms with E-state index in [-0.39, 0.29) is 0 Å². The van der Waals surface area contributed by atoms with Gasteiger partial charge in [0.1, 0.15) is 11.9 Å². The first-order valence-corrected chi connectivity index (χ1v) is 6.55. The van der Waals surface area contributed by atoms with Crippen LogP contribution in [-0.2, 0) is 0 Å². The molecule has 0 fully saturated rings. The maximum absolute atomic E-state index is 10.3. The first-order chi connectivity index (χ1) is 8.22. The fourth-order valence-corrected chi connectivity index (χ4v) is 2.50. The molecule has 2 rings (SSSR count). The molecule has 0 radical (unpaired) electrons. The number of aryl methyl sites for hydroxylation is 1. The highest BCUT2D eigenvalue weighted by Crippen LogP contribution is 2.31. The summed E-state index contributed by atoms with van der Waals surface area (Å²) in [5.74, 6) is 0.756. The van der Waals surface area contributed by atoms with Gasteiger partial charge in [-0.15, -0.1) is 11.3 Å². The predicted molar refractivity (Wildman–Crippen MR) is 70.7 cm³/mol. The third-order valence-corrected chi connectivity index (χ3v) is 3.46. The molecule has 1 aromatic carbocycles. The number of para-hydroxylation sites is 1. The lowest BCUT2D eigenvalue weighted by atomic mass is 10.0. The van der Waals surface area contributed by atoms with Gasteiger partial charge in [-0.05, 0) is 36.9 Å². The number of benzene rings is 1. The van der Waals surface area contributed by atoms with Crippen molar-refractivity contribution in [2.24, 2.45) is 0 Å². The fourth-order valence-electron chi connectivity index (χ4n) is 1.78. The molecular formula is C14H16O2S. The number of thiophene rings is 1. The lowest BCUT2D eigenvalue weighted by Gasteiger charge is -2.14. The Morgan fingerprint density at radius 1 is 1.35 bits per heavy atom. The Balaban J connectivity index is 2.33. The van der Waals surface area contributed by atoms with Crippen LogP contribution in [0.25, 0.3) is 0 Å². The maximum Gasteiger partial charge on any atom is 0.125 e. The molecule has 1 atom stereocenters. The van der Waals surface area contributed by atoms with Crippen molar-refractivity contribution in [1.29, 1.82) is 0 Å². The van der Waals surface area contributed by atoms with Gasteiger partial charge in [0.15, 0.2) is 0 Å². The summed E-state index contributed by atoms with van der Waals surface area (Å²) in [7, 11) is 0. The monoisotopic (exact) mass is 248 g/mol. The number of ether oxygens (including phenoxy) is 1. The normalized spacial score (nSPS) is 12.4. The van der Waals surface area contributed by atoms with Gasteiger partial charge >= 0.3 is 0 Å². The summed E-state index contributed by atoms with van der Waals surface area (Å²) in [6, 6.07) is 9.64. The van der Waals surface area contributed by atoms with Crippen LogP contribution in [-0.4, -0.2) is 11.7 Å². The van der Waals surface area contributed by atoms with Gasteiger partial charge in [-0.3, -0.25) is 0 Å². The standard InChI is InChI=1S/C14H16O2S/c1-3-16-13-7-5-4-6-12(13)14(15)11-8-10(2)17-9-11/h4-9,14-15H,3H2,1-2H3. The summed E-state index contributed by atoms with van der Waals surface area (Å²) < 4.78 is 5.53. The Hall–Kier alpha value is -1.32. The van der Waals surface area contributed by atoms with Gasteiger partial charge in [-0.1, -0.05) is 18.2 Å². The molecule has 1 heterocycles. The van der Waals surface area contributed by atoms with Gasteiger partial charge in [0.25, 0.3) is 0 Å². The molecule has 0 aliphatic carbocycles. The van der Waals surface area contributed by atoms with Crippen molar-refractivity contribution >= 4 is 11.3 Å². The van der Waals surface area contributed by atoms with Crippen molar-refractivity contribution < 1.29 is 9.84 Å². The van der Waals surface area contributed by atoms with Crippen LogP contribution in [0.2, 0.25) is 0 Å². The minimum atomic E-state index is -0.609. The summed E-state index contributed by atoms with van der Waals surface area (Å²) >= 11 is 1.65. The van der Waals surface area contributed by atoms with Crippen LogP contribution >= 0.6 is 11.3 Å². The lowest BCUT2D eigenvalue weighted by Crippen LogP contribution is -2.02. The molecule has 2 nitrogen and oxygen atoms in total. The van der Waals surface area contributed by atoms with Crippen LogP contribution in [0.4, 0.5) is 0 Å². The average molecular weight is 248 g/mol. The minimum absolute atomic E-state index is 0.604. The van der Waals surface area contributed by atoms with Crippen LogP contribution in [0.3, 0.4) is 0 Å². The Labute approximate surface area is 105 Å². The molecular weight excluding hydrogens is 232 g/mol. The molecule has 0 spiro atoms. The molecule has 90 valence electrons.